The molecule has 3 aromatic rings. The number of nitrogens with zero attached hydrogens (tertiary/aromatic N) is 3. The van der Waals surface area contributed by atoms with Crippen LogP contribution in [-0.2, 0) is 9.53 Å². The number of phenols is 1. The zero-order valence-corrected chi connectivity index (χ0v) is 16.7. The van der Waals surface area contributed by atoms with Crippen molar-refractivity contribution >= 4 is 5.97 Å². The smallest absolute Gasteiger partial charge is 0.333 e. The monoisotopic (exact) mass is 407 g/mol. The SMILES string of the molecule is C=C(C)C(=O)OCCOc1ccc(-c2ncnc(-c3ccccc3OC)n2)c(O)c1. The predicted octanol–water partition coefficient (Wildman–Crippen LogP) is 3.42. The first-order valence-electron chi connectivity index (χ1n) is 9.11. The normalized spacial score (nSPS) is 10.3. The summed E-state index contributed by atoms with van der Waals surface area (Å²) in [5, 5.41) is 10.4. The Morgan fingerprint density at radius 3 is 2.50 bits per heavy atom. The van der Waals surface area contributed by atoms with Crippen LogP contribution >= 0.6 is 0 Å². The van der Waals surface area contributed by atoms with Gasteiger partial charge in [-0.25, -0.2) is 19.7 Å². The topological polar surface area (TPSA) is 104 Å². The van der Waals surface area contributed by atoms with E-state index in [2.05, 4.69) is 21.5 Å². The van der Waals surface area contributed by atoms with Crippen molar-refractivity contribution in [3.8, 4) is 40.0 Å². The van der Waals surface area contributed by atoms with Gasteiger partial charge in [0, 0.05) is 11.6 Å². The quantitative estimate of drug-likeness (QED) is 0.344. The molecule has 1 N–H and O–H groups in total. The van der Waals surface area contributed by atoms with E-state index in [0.717, 1.165) is 0 Å². The Labute approximate surface area is 173 Å². The van der Waals surface area contributed by atoms with Crippen LogP contribution in [0.25, 0.3) is 22.8 Å². The maximum atomic E-state index is 11.3. The van der Waals surface area contributed by atoms with E-state index in [9.17, 15) is 9.90 Å². The third-order valence-corrected chi connectivity index (χ3v) is 4.06. The average Bonchev–Trinajstić information content (AvgIpc) is 2.76. The molecule has 0 saturated carbocycles. The second-order valence-corrected chi connectivity index (χ2v) is 6.28. The number of hydrogen-bond acceptors (Lipinski definition) is 8. The van der Waals surface area contributed by atoms with Crippen molar-refractivity contribution in [2.75, 3.05) is 20.3 Å². The average molecular weight is 407 g/mol. The summed E-state index contributed by atoms with van der Waals surface area (Å²) in [5.74, 6) is 1.26. The fourth-order valence-corrected chi connectivity index (χ4v) is 2.59. The van der Waals surface area contributed by atoms with Crippen molar-refractivity contribution in [3.63, 3.8) is 0 Å². The highest BCUT2D eigenvalue weighted by Gasteiger charge is 2.13. The number of aromatic nitrogens is 3. The lowest BCUT2D eigenvalue weighted by Crippen LogP contribution is -2.12. The number of hydrogen-bond donors (Lipinski definition) is 1. The number of phenolic OH excluding ortho intramolecular Hbond substituents is 1. The summed E-state index contributed by atoms with van der Waals surface area (Å²) in [4.78, 5) is 24.2. The van der Waals surface area contributed by atoms with Gasteiger partial charge in [0.05, 0.1) is 18.2 Å². The van der Waals surface area contributed by atoms with Gasteiger partial charge < -0.3 is 19.3 Å². The highest BCUT2D eigenvalue weighted by molar-refractivity contribution is 5.86. The summed E-state index contributed by atoms with van der Waals surface area (Å²) in [7, 11) is 1.57. The van der Waals surface area contributed by atoms with Crippen molar-refractivity contribution in [2.45, 2.75) is 6.92 Å². The first kappa shape index (κ1) is 20.8. The van der Waals surface area contributed by atoms with Crippen LogP contribution in [0, 0.1) is 0 Å². The number of carbonyl (C=O) groups excluding carboxylic acids is 1. The molecule has 30 heavy (non-hydrogen) atoms. The molecule has 2 aromatic carbocycles. The number of ether oxygens (including phenoxy) is 3. The van der Waals surface area contributed by atoms with Crippen molar-refractivity contribution in [1.29, 1.82) is 0 Å². The van der Waals surface area contributed by atoms with Crippen LogP contribution in [0.1, 0.15) is 6.92 Å². The number of para-hydroxylation sites is 1. The molecule has 0 radical (unpaired) electrons. The summed E-state index contributed by atoms with van der Waals surface area (Å²) >= 11 is 0. The maximum absolute atomic E-state index is 11.3. The summed E-state index contributed by atoms with van der Waals surface area (Å²) in [6.45, 7) is 5.29. The summed E-state index contributed by atoms with van der Waals surface area (Å²) < 4.78 is 15.8. The fraction of sp³-hybridized carbons (Fsp3) is 0.182. The van der Waals surface area contributed by atoms with Crippen LogP contribution in [0.3, 0.4) is 0 Å². The summed E-state index contributed by atoms with van der Waals surface area (Å²) in [6, 6.07) is 12.1. The Hall–Kier alpha value is -3.94. The Kier molecular flexibility index (Phi) is 6.59. The molecule has 8 heteroatoms. The number of carbonyl (C=O) groups is 1. The molecule has 8 nitrogen and oxygen atoms in total. The third kappa shape index (κ3) is 4.91. The van der Waals surface area contributed by atoms with Crippen LogP contribution in [0.15, 0.2) is 60.9 Å². The molecule has 0 bridgehead atoms. The van der Waals surface area contributed by atoms with E-state index in [4.69, 9.17) is 14.2 Å². The van der Waals surface area contributed by atoms with Crippen molar-refractivity contribution < 1.29 is 24.1 Å². The van der Waals surface area contributed by atoms with E-state index < -0.39 is 5.97 Å². The minimum absolute atomic E-state index is 0.0522. The molecule has 0 atom stereocenters. The molecule has 0 unspecified atom stereocenters. The molecule has 0 aliphatic carbocycles. The van der Waals surface area contributed by atoms with Gasteiger partial charge in [0.1, 0.15) is 36.8 Å². The van der Waals surface area contributed by atoms with Gasteiger partial charge in [-0.15, -0.1) is 0 Å². The standard InChI is InChI=1S/C22H21N3O5/c1-14(2)22(27)30-11-10-29-15-8-9-16(18(26)12-15)20-23-13-24-21(25-20)17-6-4-5-7-19(17)28-3/h4-9,12-13,26H,1,10-11H2,2-3H3. The molecule has 1 aromatic heterocycles. The van der Waals surface area contributed by atoms with Gasteiger partial charge in [0.2, 0.25) is 0 Å². The molecule has 0 saturated heterocycles. The lowest BCUT2D eigenvalue weighted by atomic mass is 10.1. The lowest BCUT2D eigenvalue weighted by Gasteiger charge is -2.10. The fourth-order valence-electron chi connectivity index (χ4n) is 2.59. The van der Waals surface area contributed by atoms with Crippen LogP contribution in [0.4, 0.5) is 0 Å². The predicted molar refractivity (Wildman–Crippen MR) is 110 cm³/mol. The highest BCUT2D eigenvalue weighted by atomic mass is 16.6. The van der Waals surface area contributed by atoms with Gasteiger partial charge in [-0.2, -0.15) is 0 Å². The van der Waals surface area contributed by atoms with Gasteiger partial charge in [-0.05, 0) is 31.2 Å². The number of aromatic hydroxyl groups is 1. The second kappa shape index (κ2) is 9.51. The first-order valence-corrected chi connectivity index (χ1v) is 9.11. The lowest BCUT2D eigenvalue weighted by molar-refractivity contribution is -0.139. The van der Waals surface area contributed by atoms with Crippen molar-refractivity contribution in [3.05, 3.63) is 60.9 Å². The minimum Gasteiger partial charge on any atom is -0.507 e. The molecular weight excluding hydrogens is 386 g/mol. The second-order valence-electron chi connectivity index (χ2n) is 6.28. The van der Waals surface area contributed by atoms with E-state index in [1.165, 1.54) is 12.4 Å². The number of esters is 1. The number of rotatable bonds is 8. The van der Waals surface area contributed by atoms with Crippen LogP contribution in [-0.4, -0.2) is 46.4 Å². The number of benzene rings is 2. The van der Waals surface area contributed by atoms with Gasteiger partial charge in [-0.3, -0.25) is 0 Å². The number of methoxy groups -OCH3 is 1. The summed E-state index contributed by atoms with van der Waals surface area (Å²) in [6.07, 6.45) is 1.38. The van der Waals surface area contributed by atoms with Crippen LogP contribution in [0.5, 0.6) is 17.2 Å². The highest BCUT2D eigenvalue weighted by Crippen LogP contribution is 2.32. The molecule has 1 heterocycles. The van der Waals surface area contributed by atoms with Crippen LogP contribution < -0.4 is 9.47 Å². The van der Waals surface area contributed by atoms with Gasteiger partial charge >= 0.3 is 5.97 Å². The van der Waals surface area contributed by atoms with Crippen LogP contribution in [0.2, 0.25) is 0 Å². The first-order chi connectivity index (χ1) is 14.5. The third-order valence-electron chi connectivity index (χ3n) is 4.06. The van der Waals surface area contributed by atoms with Gasteiger partial charge in [0.25, 0.3) is 0 Å². The molecule has 154 valence electrons. The van der Waals surface area contributed by atoms with E-state index in [-0.39, 0.29) is 19.0 Å². The molecule has 3 rings (SSSR count). The molecule has 0 aliphatic heterocycles. The Bertz CT molecular complexity index is 1070. The van der Waals surface area contributed by atoms with Crippen molar-refractivity contribution in [2.24, 2.45) is 0 Å². The van der Waals surface area contributed by atoms with E-state index in [1.54, 1.807) is 26.2 Å². The van der Waals surface area contributed by atoms with Crippen molar-refractivity contribution in [1.82, 2.24) is 15.0 Å². The molecule has 0 fully saturated rings. The molecule has 0 spiro atoms. The Morgan fingerprint density at radius 2 is 1.80 bits per heavy atom. The Morgan fingerprint density at radius 1 is 1.07 bits per heavy atom. The zero-order valence-electron chi connectivity index (χ0n) is 16.7. The molecular formula is C22H21N3O5. The molecule has 0 aliphatic rings. The van der Waals surface area contributed by atoms with Gasteiger partial charge in [-0.1, -0.05) is 18.7 Å². The van der Waals surface area contributed by atoms with E-state index in [0.29, 0.717) is 39.8 Å². The molecule has 0 amide bonds. The summed E-state index contributed by atoms with van der Waals surface area (Å²) in [5.41, 5.74) is 1.46. The van der Waals surface area contributed by atoms with E-state index >= 15 is 0 Å². The van der Waals surface area contributed by atoms with Gasteiger partial charge in [0.15, 0.2) is 11.6 Å². The Balaban J connectivity index is 1.74. The minimum atomic E-state index is -0.475. The maximum Gasteiger partial charge on any atom is 0.333 e. The van der Waals surface area contributed by atoms with E-state index in [1.807, 2.05) is 24.3 Å². The largest absolute Gasteiger partial charge is 0.507 e. The zero-order chi connectivity index (χ0) is 21.5.